The summed E-state index contributed by atoms with van der Waals surface area (Å²) in [7, 11) is 0. The zero-order valence-corrected chi connectivity index (χ0v) is 11.2. The van der Waals surface area contributed by atoms with E-state index < -0.39 is 16.4 Å². The number of hydrogen-bond donors (Lipinski definition) is 2. The molecule has 7 nitrogen and oxygen atoms in total. The maximum absolute atomic E-state index is 11.1. The van der Waals surface area contributed by atoms with Gasteiger partial charge in [-0.25, -0.2) is 0 Å². The smallest absolute Gasteiger partial charge is 0.309 e. The number of nitriles is 1. The summed E-state index contributed by atoms with van der Waals surface area (Å²) >= 11 is 0. The molecule has 20 heavy (non-hydrogen) atoms. The molecule has 1 aromatic rings. The highest BCUT2D eigenvalue weighted by atomic mass is 16.6. The zero-order valence-electron chi connectivity index (χ0n) is 11.2. The molecule has 0 radical (unpaired) electrons. The van der Waals surface area contributed by atoms with Crippen molar-refractivity contribution in [2.75, 3.05) is 5.32 Å². The molecule has 0 amide bonds. The van der Waals surface area contributed by atoms with Gasteiger partial charge < -0.3 is 10.4 Å². The fraction of sp³-hybridized carbons (Fsp3) is 0.385. The zero-order chi connectivity index (χ0) is 15.3. The number of nitro benzene ring substituents is 1. The summed E-state index contributed by atoms with van der Waals surface area (Å²) in [5.41, 5.74) is -0.756. The van der Waals surface area contributed by atoms with Gasteiger partial charge in [-0.3, -0.25) is 14.9 Å². The van der Waals surface area contributed by atoms with Crippen LogP contribution in [0, 0.1) is 21.4 Å². The van der Waals surface area contributed by atoms with E-state index in [4.69, 9.17) is 10.4 Å². The van der Waals surface area contributed by atoms with Crippen molar-refractivity contribution in [2.24, 2.45) is 0 Å². The van der Waals surface area contributed by atoms with Crippen molar-refractivity contribution in [3.8, 4) is 6.07 Å². The molecule has 0 heterocycles. The van der Waals surface area contributed by atoms with Crippen LogP contribution in [0.3, 0.4) is 0 Å². The monoisotopic (exact) mass is 277 g/mol. The van der Waals surface area contributed by atoms with Crippen LogP contribution in [-0.4, -0.2) is 21.5 Å². The van der Waals surface area contributed by atoms with Crippen LogP contribution in [0.2, 0.25) is 0 Å². The highest BCUT2D eigenvalue weighted by molar-refractivity contribution is 5.70. The van der Waals surface area contributed by atoms with Gasteiger partial charge in [0.1, 0.15) is 17.3 Å². The van der Waals surface area contributed by atoms with E-state index in [1.807, 2.05) is 0 Å². The normalized spacial score (nSPS) is 10.7. The Hall–Kier alpha value is -2.62. The van der Waals surface area contributed by atoms with E-state index in [-0.39, 0.29) is 23.4 Å². The number of para-hydroxylation sites is 1. The van der Waals surface area contributed by atoms with Gasteiger partial charge in [0, 0.05) is 12.0 Å². The van der Waals surface area contributed by atoms with Gasteiger partial charge in [-0.15, -0.1) is 0 Å². The number of nitrogens with zero attached hydrogens (tertiary/aromatic N) is 2. The lowest BCUT2D eigenvalue weighted by Crippen LogP contribution is -2.31. The molecule has 0 aromatic heterocycles. The molecule has 0 unspecified atom stereocenters. The molecule has 0 aliphatic rings. The number of anilines is 1. The molecule has 1 aromatic carbocycles. The van der Waals surface area contributed by atoms with Crippen LogP contribution >= 0.6 is 0 Å². The van der Waals surface area contributed by atoms with Crippen LogP contribution in [0.1, 0.15) is 32.3 Å². The molecule has 2 N–H and O–H groups in total. The Bertz CT molecular complexity index is 575. The van der Waals surface area contributed by atoms with E-state index >= 15 is 0 Å². The minimum atomic E-state index is -0.930. The van der Waals surface area contributed by atoms with Crippen LogP contribution in [0.25, 0.3) is 0 Å². The Balaban J connectivity index is 3.06. The maximum atomic E-state index is 11.1. The molecule has 106 valence electrons. The molecule has 0 aliphatic carbocycles. The number of benzene rings is 1. The van der Waals surface area contributed by atoms with E-state index in [9.17, 15) is 14.9 Å². The predicted octanol–water partition coefficient (Wildman–Crippen LogP) is 2.52. The second kappa shape index (κ2) is 6.02. The third kappa shape index (κ3) is 3.95. The van der Waals surface area contributed by atoms with E-state index in [1.165, 1.54) is 12.1 Å². The first kappa shape index (κ1) is 15.4. The molecule has 0 atom stereocenters. The minimum Gasteiger partial charge on any atom is -0.481 e. The second-order valence-electron chi connectivity index (χ2n) is 4.97. The number of carboxylic acid groups (broad SMARTS) is 1. The highest BCUT2D eigenvalue weighted by Crippen LogP contribution is 2.31. The van der Waals surface area contributed by atoms with Gasteiger partial charge in [-0.1, -0.05) is 6.07 Å². The van der Waals surface area contributed by atoms with Crippen LogP contribution < -0.4 is 5.32 Å². The van der Waals surface area contributed by atoms with Gasteiger partial charge >= 0.3 is 11.7 Å². The van der Waals surface area contributed by atoms with E-state index in [0.29, 0.717) is 6.42 Å². The topological polar surface area (TPSA) is 116 Å². The third-order valence-electron chi connectivity index (χ3n) is 2.78. The van der Waals surface area contributed by atoms with Crippen molar-refractivity contribution in [2.45, 2.75) is 32.2 Å². The lowest BCUT2D eigenvalue weighted by atomic mass is 9.97. The number of nitrogens with one attached hydrogen (secondary N) is 1. The number of aliphatic carboxylic acids is 1. The number of hydrogen-bond acceptors (Lipinski definition) is 5. The average Bonchev–Trinajstić information content (AvgIpc) is 2.35. The van der Waals surface area contributed by atoms with Gasteiger partial charge in [0.05, 0.1) is 4.92 Å². The van der Waals surface area contributed by atoms with Crippen molar-refractivity contribution in [1.82, 2.24) is 0 Å². The molecule has 0 saturated heterocycles. The standard InChI is InChI=1S/C13H15N3O4/c1-13(2,7-6-11(17)18)15-10-5-3-4-9(8-14)12(10)16(19)20/h3-5,15H,6-7H2,1-2H3,(H,17,18). The van der Waals surface area contributed by atoms with Gasteiger partial charge in [-0.05, 0) is 32.4 Å². The SMILES string of the molecule is CC(C)(CCC(=O)O)Nc1cccc(C#N)c1[N+](=O)[O-]. The summed E-state index contributed by atoms with van der Waals surface area (Å²) in [6.45, 7) is 3.50. The van der Waals surface area contributed by atoms with Crippen LogP contribution in [0.15, 0.2) is 18.2 Å². The number of rotatable bonds is 6. The van der Waals surface area contributed by atoms with Crippen molar-refractivity contribution < 1.29 is 14.8 Å². The van der Waals surface area contributed by atoms with Crippen LogP contribution in [-0.2, 0) is 4.79 Å². The largest absolute Gasteiger partial charge is 0.481 e. The molecule has 7 heteroatoms. The van der Waals surface area contributed by atoms with E-state index in [0.717, 1.165) is 0 Å². The minimum absolute atomic E-state index is 0.0333. The Labute approximate surface area is 116 Å². The number of nitro groups is 1. The molecule has 1 rings (SSSR count). The number of carboxylic acids is 1. The Kier molecular flexibility index (Phi) is 4.64. The molecule has 0 aliphatic heterocycles. The molecule has 0 fully saturated rings. The maximum Gasteiger partial charge on any atom is 0.309 e. The molecular formula is C13H15N3O4. The summed E-state index contributed by atoms with van der Waals surface area (Å²) in [4.78, 5) is 21.1. The summed E-state index contributed by atoms with van der Waals surface area (Å²) < 4.78 is 0. The van der Waals surface area contributed by atoms with Gasteiger partial charge in [0.15, 0.2) is 0 Å². The van der Waals surface area contributed by atoms with Gasteiger partial charge in [0.25, 0.3) is 0 Å². The van der Waals surface area contributed by atoms with E-state index in [1.54, 1.807) is 26.0 Å². The summed E-state index contributed by atoms with van der Waals surface area (Å²) in [6, 6.07) is 6.19. The van der Waals surface area contributed by atoms with Crippen molar-refractivity contribution in [3.05, 3.63) is 33.9 Å². The molecular weight excluding hydrogens is 262 g/mol. The summed E-state index contributed by atoms with van der Waals surface area (Å²) in [6.07, 6.45) is 0.252. The van der Waals surface area contributed by atoms with Gasteiger partial charge in [0.2, 0.25) is 0 Å². The average molecular weight is 277 g/mol. The Morgan fingerprint density at radius 1 is 1.55 bits per heavy atom. The third-order valence-corrected chi connectivity index (χ3v) is 2.78. The first-order valence-electron chi connectivity index (χ1n) is 5.94. The van der Waals surface area contributed by atoms with Crippen molar-refractivity contribution in [1.29, 1.82) is 5.26 Å². The summed E-state index contributed by atoms with van der Waals surface area (Å²) in [5.74, 6) is -0.930. The fourth-order valence-corrected chi connectivity index (χ4v) is 1.78. The van der Waals surface area contributed by atoms with Crippen LogP contribution in [0.5, 0.6) is 0 Å². The molecule has 0 saturated carbocycles. The molecule has 0 spiro atoms. The fourth-order valence-electron chi connectivity index (χ4n) is 1.78. The molecule has 0 bridgehead atoms. The number of carbonyl (C=O) groups is 1. The lowest BCUT2D eigenvalue weighted by molar-refractivity contribution is -0.384. The summed E-state index contributed by atoms with van der Waals surface area (Å²) in [5, 5.41) is 31.6. The van der Waals surface area contributed by atoms with Crippen molar-refractivity contribution in [3.63, 3.8) is 0 Å². The second-order valence-corrected chi connectivity index (χ2v) is 4.97. The first-order chi connectivity index (χ1) is 9.26. The van der Waals surface area contributed by atoms with Crippen molar-refractivity contribution >= 4 is 17.3 Å². The predicted molar refractivity (Wildman–Crippen MR) is 72.4 cm³/mol. The lowest BCUT2D eigenvalue weighted by Gasteiger charge is -2.26. The van der Waals surface area contributed by atoms with Crippen LogP contribution in [0.4, 0.5) is 11.4 Å². The Morgan fingerprint density at radius 2 is 2.20 bits per heavy atom. The van der Waals surface area contributed by atoms with E-state index in [2.05, 4.69) is 5.32 Å². The first-order valence-corrected chi connectivity index (χ1v) is 5.94. The Morgan fingerprint density at radius 3 is 2.70 bits per heavy atom. The quantitative estimate of drug-likeness (QED) is 0.609. The van der Waals surface area contributed by atoms with Gasteiger partial charge in [-0.2, -0.15) is 5.26 Å². The highest BCUT2D eigenvalue weighted by Gasteiger charge is 2.25.